The second-order valence-corrected chi connectivity index (χ2v) is 4.64. The zero-order chi connectivity index (χ0) is 10.4. The van der Waals surface area contributed by atoms with Crippen molar-refractivity contribution in [3.63, 3.8) is 0 Å². The molecule has 0 radical (unpaired) electrons. The second kappa shape index (κ2) is 5.92. The maximum absolute atomic E-state index is 11.9. The summed E-state index contributed by atoms with van der Waals surface area (Å²) in [7, 11) is 0. The van der Waals surface area contributed by atoms with Crippen LogP contribution < -0.4 is 0 Å². The van der Waals surface area contributed by atoms with Crippen LogP contribution in [0.25, 0.3) is 0 Å². The minimum Gasteiger partial charge on any atom is -0.341 e. The van der Waals surface area contributed by atoms with E-state index in [4.69, 9.17) is 5.26 Å². The Kier molecular flexibility index (Phi) is 4.81. The monoisotopic (exact) mass is 212 g/mol. The lowest BCUT2D eigenvalue weighted by Gasteiger charge is -2.22. The number of hydrogen-bond acceptors (Lipinski definition) is 3. The van der Waals surface area contributed by atoms with E-state index >= 15 is 0 Å². The van der Waals surface area contributed by atoms with Crippen molar-refractivity contribution in [3.05, 3.63) is 0 Å². The molecule has 1 atom stereocenters. The predicted octanol–water partition coefficient (Wildman–Crippen LogP) is 1.64. The van der Waals surface area contributed by atoms with Gasteiger partial charge in [0.1, 0.15) is 0 Å². The molecule has 0 aromatic carbocycles. The van der Waals surface area contributed by atoms with E-state index in [1.165, 1.54) is 0 Å². The van der Waals surface area contributed by atoms with E-state index in [-0.39, 0.29) is 11.2 Å². The van der Waals surface area contributed by atoms with Gasteiger partial charge in [0.2, 0.25) is 5.91 Å². The molecule has 1 saturated heterocycles. The van der Waals surface area contributed by atoms with Gasteiger partial charge in [0.05, 0.1) is 17.7 Å². The lowest BCUT2D eigenvalue weighted by molar-refractivity contribution is -0.130. The highest BCUT2D eigenvalue weighted by Crippen LogP contribution is 2.27. The van der Waals surface area contributed by atoms with Crippen LogP contribution in [-0.4, -0.2) is 34.9 Å². The topological polar surface area (TPSA) is 44.1 Å². The Bertz CT molecular complexity index is 231. The van der Waals surface area contributed by atoms with Crippen LogP contribution in [0.4, 0.5) is 0 Å². The van der Waals surface area contributed by atoms with Gasteiger partial charge in [-0.15, -0.1) is 11.8 Å². The Morgan fingerprint density at radius 3 is 3.00 bits per heavy atom. The third kappa shape index (κ3) is 2.91. The van der Waals surface area contributed by atoms with Gasteiger partial charge in [-0.3, -0.25) is 4.79 Å². The van der Waals surface area contributed by atoms with Crippen molar-refractivity contribution in [2.75, 3.05) is 18.8 Å². The summed E-state index contributed by atoms with van der Waals surface area (Å²) in [5, 5.41) is 8.63. The molecular weight excluding hydrogens is 196 g/mol. The molecule has 0 spiro atoms. The van der Waals surface area contributed by atoms with Gasteiger partial charge in [-0.05, 0) is 25.5 Å². The van der Waals surface area contributed by atoms with Gasteiger partial charge in [-0.2, -0.15) is 5.26 Å². The van der Waals surface area contributed by atoms with Crippen molar-refractivity contribution in [2.24, 2.45) is 0 Å². The van der Waals surface area contributed by atoms with Crippen LogP contribution in [0.3, 0.4) is 0 Å². The van der Waals surface area contributed by atoms with Gasteiger partial charge in [0.15, 0.2) is 0 Å². The third-order valence-corrected chi connectivity index (χ3v) is 3.76. The highest BCUT2D eigenvalue weighted by molar-refractivity contribution is 8.00. The molecule has 0 bridgehead atoms. The molecule has 1 heterocycles. The van der Waals surface area contributed by atoms with Crippen molar-refractivity contribution >= 4 is 17.7 Å². The predicted molar refractivity (Wildman–Crippen MR) is 58.0 cm³/mol. The van der Waals surface area contributed by atoms with E-state index < -0.39 is 0 Å². The van der Waals surface area contributed by atoms with Crippen molar-refractivity contribution in [2.45, 2.75) is 31.4 Å². The van der Waals surface area contributed by atoms with Crippen LogP contribution >= 0.6 is 11.8 Å². The number of carbonyl (C=O) groups is 1. The fraction of sp³-hybridized carbons (Fsp3) is 0.800. The van der Waals surface area contributed by atoms with Gasteiger partial charge in [0.25, 0.3) is 0 Å². The Morgan fingerprint density at radius 1 is 1.71 bits per heavy atom. The number of thioether (sulfide) groups is 1. The third-order valence-electron chi connectivity index (χ3n) is 2.39. The molecule has 0 N–H and O–H groups in total. The Labute approximate surface area is 89.5 Å². The highest BCUT2D eigenvalue weighted by atomic mass is 32.2. The summed E-state index contributed by atoms with van der Waals surface area (Å²) in [6.45, 7) is 3.27. The van der Waals surface area contributed by atoms with Crippen LogP contribution in [0.15, 0.2) is 0 Å². The van der Waals surface area contributed by atoms with E-state index in [9.17, 15) is 4.79 Å². The van der Waals surface area contributed by atoms with Crippen molar-refractivity contribution in [1.29, 1.82) is 5.26 Å². The number of carbonyl (C=O) groups excluding carboxylic acids is 1. The van der Waals surface area contributed by atoms with E-state index in [2.05, 4.69) is 6.07 Å². The van der Waals surface area contributed by atoms with Crippen molar-refractivity contribution in [3.8, 4) is 6.07 Å². The molecule has 0 aliphatic carbocycles. The molecule has 78 valence electrons. The zero-order valence-corrected chi connectivity index (χ0v) is 9.35. The summed E-state index contributed by atoms with van der Waals surface area (Å²) in [6, 6.07) is 2.08. The van der Waals surface area contributed by atoms with Gasteiger partial charge in [-0.25, -0.2) is 0 Å². The standard InChI is InChI=1S/C10H16N2OS/c1-2-12(7-4-6-11)10(13)9-5-3-8-14-9/h9H,2-5,7-8H2,1H3. The normalized spacial score (nSPS) is 20.4. The Morgan fingerprint density at radius 2 is 2.50 bits per heavy atom. The molecule has 1 rings (SSSR count). The lowest BCUT2D eigenvalue weighted by atomic mass is 10.2. The molecule has 4 heteroatoms. The average molecular weight is 212 g/mol. The minimum atomic E-state index is 0.161. The summed E-state index contributed by atoms with van der Waals surface area (Å²) in [5.74, 6) is 1.33. The van der Waals surface area contributed by atoms with Crippen LogP contribution in [-0.2, 0) is 4.79 Å². The fourth-order valence-corrected chi connectivity index (χ4v) is 2.83. The molecule has 1 amide bonds. The first kappa shape index (κ1) is 11.4. The van der Waals surface area contributed by atoms with Crippen LogP contribution in [0.1, 0.15) is 26.2 Å². The van der Waals surface area contributed by atoms with Crippen molar-refractivity contribution < 1.29 is 4.79 Å². The zero-order valence-electron chi connectivity index (χ0n) is 8.53. The van der Waals surface area contributed by atoms with Gasteiger partial charge < -0.3 is 4.90 Å². The molecule has 1 aliphatic rings. The van der Waals surface area contributed by atoms with E-state index in [0.717, 1.165) is 25.1 Å². The molecule has 0 aromatic rings. The highest BCUT2D eigenvalue weighted by Gasteiger charge is 2.26. The molecular formula is C10H16N2OS. The first-order chi connectivity index (χ1) is 6.79. The molecule has 1 unspecified atom stereocenters. The molecule has 3 nitrogen and oxygen atoms in total. The van der Waals surface area contributed by atoms with E-state index in [1.807, 2.05) is 6.92 Å². The maximum atomic E-state index is 11.9. The number of hydrogen-bond donors (Lipinski definition) is 0. The van der Waals surface area contributed by atoms with E-state index in [0.29, 0.717) is 13.0 Å². The number of nitrogens with zero attached hydrogens (tertiary/aromatic N) is 2. The number of nitriles is 1. The van der Waals surface area contributed by atoms with Crippen LogP contribution in [0.5, 0.6) is 0 Å². The van der Waals surface area contributed by atoms with Gasteiger partial charge >= 0.3 is 0 Å². The molecule has 1 fully saturated rings. The first-order valence-corrected chi connectivity index (χ1v) is 6.11. The summed E-state index contributed by atoms with van der Waals surface area (Å²) in [4.78, 5) is 13.7. The van der Waals surface area contributed by atoms with Crippen LogP contribution in [0.2, 0.25) is 0 Å². The summed E-state index contributed by atoms with van der Waals surface area (Å²) >= 11 is 1.75. The van der Waals surface area contributed by atoms with Crippen molar-refractivity contribution in [1.82, 2.24) is 4.90 Å². The largest absolute Gasteiger partial charge is 0.341 e. The first-order valence-electron chi connectivity index (χ1n) is 5.07. The van der Waals surface area contributed by atoms with E-state index in [1.54, 1.807) is 16.7 Å². The summed E-state index contributed by atoms with van der Waals surface area (Å²) in [5.41, 5.74) is 0. The molecule has 1 aliphatic heterocycles. The van der Waals surface area contributed by atoms with Gasteiger partial charge in [0, 0.05) is 13.1 Å². The second-order valence-electron chi connectivity index (χ2n) is 3.33. The average Bonchev–Trinajstić information content (AvgIpc) is 2.71. The lowest BCUT2D eigenvalue weighted by Crippen LogP contribution is -2.37. The Hall–Kier alpha value is -0.690. The smallest absolute Gasteiger partial charge is 0.235 e. The summed E-state index contributed by atoms with van der Waals surface area (Å²) < 4.78 is 0. The number of rotatable bonds is 4. The molecule has 14 heavy (non-hydrogen) atoms. The molecule has 0 saturated carbocycles. The SMILES string of the molecule is CCN(CCC#N)C(=O)C1CCCS1. The fourth-order valence-electron chi connectivity index (χ4n) is 1.59. The molecule has 0 aromatic heterocycles. The summed E-state index contributed by atoms with van der Waals surface area (Å²) in [6.07, 6.45) is 2.60. The number of amides is 1. The van der Waals surface area contributed by atoms with Crippen LogP contribution in [0, 0.1) is 11.3 Å². The maximum Gasteiger partial charge on any atom is 0.235 e. The van der Waals surface area contributed by atoms with Gasteiger partial charge in [-0.1, -0.05) is 0 Å². The Balaban J connectivity index is 2.42. The minimum absolute atomic E-state index is 0.161. The quantitative estimate of drug-likeness (QED) is 0.711.